The molecule has 2 aromatic heterocycles. The fourth-order valence-electron chi connectivity index (χ4n) is 8.85. The van der Waals surface area contributed by atoms with Gasteiger partial charge in [-0.05, 0) is 86.3 Å². The SMILES string of the molecule is COc1cc(-c2cn(C)c(=O)c3cnc(N4CCC4)cc23)cc(O)c1CN1CCC2(CC1)CN(c1ccc3c(c1)CN(C1CCC(=O)NC1=O)C3=O)C2. The number of aromatic nitrogens is 2. The minimum atomic E-state index is -0.616. The maximum atomic E-state index is 13.2. The summed E-state index contributed by atoms with van der Waals surface area (Å²) in [4.78, 5) is 63.4. The number of ether oxygens (including phenoxy) is 1. The molecule has 5 aliphatic rings. The summed E-state index contributed by atoms with van der Waals surface area (Å²) in [5.74, 6) is 0.795. The molecular weight excluding hydrogens is 674 g/mol. The van der Waals surface area contributed by atoms with Gasteiger partial charge in [0, 0.05) is 98.3 Å². The van der Waals surface area contributed by atoms with Crippen molar-refractivity contribution in [2.24, 2.45) is 12.5 Å². The first kappa shape index (κ1) is 33.4. The van der Waals surface area contributed by atoms with Crippen molar-refractivity contribution in [3.8, 4) is 22.6 Å². The van der Waals surface area contributed by atoms with Crippen molar-refractivity contribution in [2.75, 3.05) is 56.2 Å². The van der Waals surface area contributed by atoms with E-state index in [1.54, 1.807) is 35.9 Å². The minimum absolute atomic E-state index is 0.112. The first-order chi connectivity index (χ1) is 25.6. The molecule has 3 amide bonds. The van der Waals surface area contributed by atoms with Gasteiger partial charge in [-0.1, -0.05) is 0 Å². The van der Waals surface area contributed by atoms with Crippen LogP contribution < -0.4 is 25.4 Å². The fourth-order valence-corrected chi connectivity index (χ4v) is 8.85. The van der Waals surface area contributed by atoms with Gasteiger partial charge >= 0.3 is 0 Å². The van der Waals surface area contributed by atoms with Crippen molar-refractivity contribution in [1.82, 2.24) is 24.7 Å². The normalized spacial score (nSPS) is 21.1. The van der Waals surface area contributed by atoms with Gasteiger partial charge in [-0.3, -0.25) is 29.4 Å². The minimum Gasteiger partial charge on any atom is -0.507 e. The molecule has 274 valence electrons. The molecule has 13 nitrogen and oxygen atoms in total. The number of aryl methyl sites for hydroxylation is 1. The van der Waals surface area contributed by atoms with E-state index in [2.05, 4.69) is 31.1 Å². The number of nitrogens with one attached hydrogen (secondary N) is 1. The second kappa shape index (κ2) is 12.6. The number of carbonyl (C=O) groups excluding carboxylic acids is 3. The number of anilines is 2. The molecule has 1 atom stereocenters. The maximum absolute atomic E-state index is 13.2. The number of carbonyl (C=O) groups is 3. The van der Waals surface area contributed by atoms with Crippen molar-refractivity contribution in [3.63, 3.8) is 0 Å². The van der Waals surface area contributed by atoms with Crippen LogP contribution in [0.2, 0.25) is 0 Å². The number of piperidine rings is 2. The van der Waals surface area contributed by atoms with Crippen LogP contribution >= 0.6 is 0 Å². The van der Waals surface area contributed by atoms with Gasteiger partial charge in [-0.25, -0.2) is 4.98 Å². The van der Waals surface area contributed by atoms with E-state index in [1.807, 2.05) is 30.5 Å². The molecule has 53 heavy (non-hydrogen) atoms. The van der Waals surface area contributed by atoms with E-state index >= 15 is 0 Å². The number of phenols is 1. The van der Waals surface area contributed by atoms with Gasteiger partial charge in [0.2, 0.25) is 11.8 Å². The van der Waals surface area contributed by atoms with Gasteiger partial charge in [0.1, 0.15) is 23.4 Å². The summed E-state index contributed by atoms with van der Waals surface area (Å²) < 4.78 is 7.43. The van der Waals surface area contributed by atoms with Crippen molar-refractivity contribution in [3.05, 3.63) is 75.8 Å². The van der Waals surface area contributed by atoms with Crippen molar-refractivity contribution in [1.29, 1.82) is 0 Å². The van der Waals surface area contributed by atoms with Crippen LogP contribution in [-0.4, -0.2) is 94.6 Å². The largest absolute Gasteiger partial charge is 0.507 e. The number of hydrogen-bond acceptors (Lipinski definition) is 10. The number of phenolic OH excluding ortho intramolecular Hbond substituents is 1. The predicted molar refractivity (Wildman–Crippen MR) is 199 cm³/mol. The lowest BCUT2D eigenvalue weighted by Crippen LogP contribution is -2.60. The number of likely N-dealkylation sites (tertiary alicyclic amines) is 1. The molecule has 4 aromatic rings. The van der Waals surface area contributed by atoms with E-state index < -0.39 is 11.9 Å². The zero-order chi connectivity index (χ0) is 36.6. The maximum Gasteiger partial charge on any atom is 0.259 e. The molecule has 13 heteroatoms. The van der Waals surface area contributed by atoms with Crippen LogP contribution in [0.3, 0.4) is 0 Å². The molecule has 9 rings (SSSR count). The number of imide groups is 1. The molecule has 4 fully saturated rings. The first-order valence-electron chi connectivity index (χ1n) is 18.5. The van der Waals surface area contributed by atoms with Crippen LogP contribution in [0, 0.1) is 5.41 Å². The number of nitrogens with zero attached hydrogens (tertiary/aromatic N) is 6. The predicted octanol–water partition coefficient (Wildman–Crippen LogP) is 3.39. The highest BCUT2D eigenvalue weighted by atomic mass is 16.5. The summed E-state index contributed by atoms with van der Waals surface area (Å²) in [6.45, 7) is 6.51. The molecule has 2 N–H and O–H groups in total. The Morgan fingerprint density at radius 3 is 2.47 bits per heavy atom. The summed E-state index contributed by atoms with van der Waals surface area (Å²) in [5.41, 5.74) is 5.10. The standard InChI is InChI=1S/C40H43N7O6/c1-43-20-30(28-17-35(45-10-3-11-45)41-18-29(28)38(43)51)24-15-33(48)31(34(16-24)53-2)21-44-12-8-40(9-13-44)22-46(23-40)26-4-5-27-25(14-26)19-47(39(27)52)32-6-7-36(49)42-37(32)50/h4-5,14-18,20,32,48H,3,6-13,19,21-23H2,1-2H3,(H,42,49,50). The average molecular weight is 718 g/mol. The lowest BCUT2D eigenvalue weighted by atomic mass is 9.71. The highest BCUT2D eigenvalue weighted by Gasteiger charge is 2.46. The molecule has 1 unspecified atom stereocenters. The molecule has 4 saturated heterocycles. The number of aromatic hydroxyl groups is 1. The molecule has 0 radical (unpaired) electrons. The Kier molecular flexibility index (Phi) is 7.95. The van der Waals surface area contributed by atoms with Crippen LogP contribution in [0.5, 0.6) is 11.5 Å². The molecule has 0 aliphatic carbocycles. The van der Waals surface area contributed by atoms with E-state index in [9.17, 15) is 24.3 Å². The van der Waals surface area contributed by atoms with Gasteiger partial charge < -0.3 is 29.1 Å². The topological polar surface area (TPSA) is 141 Å². The number of benzene rings is 2. The number of pyridine rings is 2. The number of fused-ring (bicyclic) bond motifs is 2. The fraction of sp³-hybridized carbons (Fsp3) is 0.425. The molecule has 1 spiro atoms. The second-order valence-electron chi connectivity index (χ2n) is 15.4. The van der Waals surface area contributed by atoms with Gasteiger partial charge in [0.25, 0.3) is 11.5 Å². The Bertz CT molecular complexity index is 2250. The summed E-state index contributed by atoms with van der Waals surface area (Å²) in [6.07, 6.45) is 7.28. The summed E-state index contributed by atoms with van der Waals surface area (Å²) in [6, 6.07) is 11.1. The monoisotopic (exact) mass is 717 g/mol. The van der Waals surface area contributed by atoms with Gasteiger partial charge in [-0.15, -0.1) is 0 Å². The van der Waals surface area contributed by atoms with Gasteiger partial charge in [0.15, 0.2) is 0 Å². The third kappa shape index (κ3) is 5.68. The number of amides is 3. The molecule has 0 saturated carbocycles. The lowest BCUT2D eigenvalue weighted by Gasteiger charge is -2.55. The van der Waals surface area contributed by atoms with E-state index in [-0.39, 0.29) is 35.0 Å². The Morgan fingerprint density at radius 1 is 0.962 bits per heavy atom. The third-order valence-corrected chi connectivity index (χ3v) is 12.2. The molecular formula is C40H43N7O6. The Balaban J connectivity index is 0.863. The molecule has 0 bridgehead atoms. The third-order valence-electron chi connectivity index (χ3n) is 12.2. The van der Waals surface area contributed by atoms with Crippen LogP contribution in [0.1, 0.15) is 53.6 Å². The Labute approximate surface area is 306 Å². The van der Waals surface area contributed by atoms with E-state index in [1.165, 1.54) is 0 Å². The molecule has 5 aliphatic heterocycles. The second-order valence-corrected chi connectivity index (χ2v) is 15.4. The van der Waals surface area contributed by atoms with Crippen LogP contribution in [-0.2, 0) is 29.7 Å². The number of hydrogen-bond donors (Lipinski definition) is 2. The molecule has 7 heterocycles. The molecule has 2 aromatic carbocycles. The number of methoxy groups -OCH3 is 1. The van der Waals surface area contributed by atoms with Crippen molar-refractivity contribution < 1.29 is 24.2 Å². The first-order valence-corrected chi connectivity index (χ1v) is 18.5. The highest BCUT2D eigenvalue weighted by Crippen LogP contribution is 2.45. The highest BCUT2D eigenvalue weighted by molar-refractivity contribution is 6.05. The summed E-state index contributed by atoms with van der Waals surface area (Å²) >= 11 is 0. The summed E-state index contributed by atoms with van der Waals surface area (Å²) in [5, 5.41) is 15.1. The van der Waals surface area contributed by atoms with Crippen LogP contribution in [0.25, 0.3) is 21.9 Å². The lowest BCUT2D eigenvalue weighted by molar-refractivity contribution is -0.136. The quantitative estimate of drug-likeness (QED) is 0.274. The van der Waals surface area contributed by atoms with Gasteiger partial charge in [0.05, 0.1) is 12.5 Å². The zero-order valence-electron chi connectivity index (χ0n) is 30.1. The Hall–Kier alpha value is -5.43. The van der Waals surface area contributed by atoms with E-state index in [4.69, 9.17) is 4.74 Å². The van der Waals surface area contributed by atoms with Crippen LogP contribution in [0.15, 0.2) is 53.6 Å². The Morgan fingerprint density at radius 2 is 1.75 bits per heavy atom. The van der Waals surface area contributed by atoms with E-state index in [0.29, 0.717) is 36.2 Å². The van der Waals surface area contributed by atoms with Crippen molar-refractivity contribution in [2.45, 2.75) is 51.2 Å². The number of rotatable bonds is 7. The summed E-state index contributed by atoms with van der Waals surface area (Å²) in [7, 11) is 3.36. The van der Waals surface area contributed by atoms with E-state index in [0.717, 1.165) is 97.7 Å². The average Bonchev–Trinajstić information content (AvgIpc) is 3.44. The zero-order valence-corrected chi connectivity index (χ0v) is 30.1. The van der Waals surface area contributed by atoms with Crippen molar-refractivity contribution >= 4 is 40.0 Å². The smallest absolute Gasteiger partial charge is 0.259 e. The van der Waals surface area contributed by atoms with Crippen LogP contribution in [0.4, 0.5) is 11.5 Å². The van der Waals surface area contributed by atoms with Gasteiger partial charge in [-0.2, -0.15) is 0 Å².